The van der Waals surface area contributed by atoms with Gasteiger partial charge in [-0.1, -0.05) is 12.1 Å². The first-order valence-electron chi connectivity index (χ1n) is 6.70. The molecule has 0 radical (unpaired) electrons. The van der Waals surface area contributed by atoms with E-state index in [-0.39, 0.29) is 6.61 Å². The number of rotatable bonds is 6. The van der Waals surface area contributed by atoms with Gasteiger partial charge in [-0.05, 0) is 35.9 Å². The molecular weight excluding hydrogens is 284 g/mol. The van der Waals surface area contributed by atoms with Gasteiger partial charge in [-0.3, -0.25) is 0 Å². The van der Waals surface area contributed by atoms with Crippen LogP contribution in [0.1, 0.15) is 15.9 Å². The number of benzene rings is 2. The maximum Gasteiger partial charge on any atom is 0.338 e. The molecule has 0 bridgehead atoms. The topological polar surface area (TPSA) is 54.0 Å². The Bertz CT molecular complexity index is 634. The van der Waals surface area contributed by atoms with Crippen LogP contribution in [0.2, 0.25) is 0 Å². The number of hydrogen-bond acceptors (Lipinski definition) is 5. The van der Waals surface area contributed by atoms with Crippen LogP contribution in [0.15, 0.2) is 42.5 Å². The minimum atomic E-state index is -0.420. The van der Waals surface area contributed by atoms with Crippen LogP contribution in [0.4, 0.5) is 0 Å². The first-order chi connectivity index (χ1) is 10.7. The van der Waals surface area contributed by atoms with Gasteiger partial charge in [0.25, 0.3) is 0 Å². The fourth-order valence-electron chi connectivity index (χ4n) is 1.92. The molecule has 0 fully saturated rings. The summed E-state index contributed by atoms with van der Waals surface area (Å²) in [6.45, 7) is 0.192. The van der Waals surface area contributed by atoms with Gasteiger partial charge in [0.05, 0.1) is 26.9 Å². The van der Waals surface area contributed by atoms with Crippen molar-refractivity contribution in [2.45, 2.75) is 6.61 Å². The summed E-state index contributed by atoms with van der Waals surface area (Å²) in [5, 5.41) is 0. The molecule has 5 heteroatoms. The zero-order valence-corrected chi connectivity index (χ0v) is 12.8. The third kappa shape index (κ3) is 3.69. The summed E-state index contributed by atoms with van der Waals surface area (Å²) in [5.74, 6) is 1.39. The molecule has 116 valence electrons. The third-order valence-corrected chi connectivity index (χ3v) is 3.15. The van der Waals surface area contributed by atoms with Crippen LogP contribution in [0.5, 0.6) is 17.2 Å². The summed E-state index contributed by atoms with van der Waals surface area (Å²) in [6, 6.07) is 12.2. The van der Waals surface area contributed by atoms with E-state index in [0.29, 0.717) is 17.1 Å². The summed E-state index contributed by atoms with van der Waals surface area (Å²) >= 11 is 0. The van der Waals surface area contributed by atoms with Crippen LogP contribution in [0.25, 0.3) is 0 Å². The molecule has 0 saturated heterocycles. The highest BCUT2D eigenvalue weighted by Crippen LogP contribution is 2.27. The number of esters is 1. The van der Waals surface area contributed by atoms with Gasteiger partial charge in [-0.15, -0.1) is 0 Å². The van der Waals surface area contributed by atoms with Gasteiger partial charge < -0.3 is 18.9 Å². The van der Waals surface area contributed by atoms with Crippen molar-refractivity contribution in [3.8, 4) is 17.2 Å². The summed E-state index contributed by atoms with van der Waals surface area (Å²) in [6.07, 6.45) is 0. The highest BCUT2D eigenvalue weighted by molar-refractivity contribution is 5.90. The average Bonchev–Trinajstić information content (AvgIpc) is 2.59. The van der Waals surface area contributed by atoms with E-state index < -0.39 is 5.97 Å². The molecule has 0 heterocycles. The SMILES string of the molecule is COc1ccc(COC(=O)c2ccc(OC)c(OC)c2)cc1. The zero-order chi connectivity index (χ0) is 15.9. The predicted octanol–water partition coefficient (Wildman–Crippen LogP) is 3.07. The van der Waals surface area contributed by atoms with Crippen LogP contribution in [0, 0.1) is 0 Å². The van der Waals surface area contributed by atoms with Crippen molar-refractivity contribution in [1.82, 2.24) is 0 Å². The van der Waals surface area contributed by atoms with E-state index in [1.54, 1.807) is 32.4 Å². The second-order valence-electron chi connectivity index (χ2n) is 4.49. The Kier molecular flexibility index (Phi) is 5.25. The number of carbonyl (C=O) groups is 1. The van der Waals surface area contributed by atoms with Crippen LogP contribution in [-0.2, 0) is 11.3 Å². The first-order valence-corrected chi connectivity index (χ1v) is 6.70. The van der Waals surface area contributed by atoms with E-state index in [1.165, 1.54) is 7.11 Å². The zero-order valence-electron chi connectivity index (χ0n) is 12.8. The largest absolute Gasteiger partial charge is 0.497 e. The molecule has 0 saturated carbocycles. The van der Waals surface area contributed by atoms with Crippen molar-refractivity contribution < 1.29 is 23.7 Å². The molecular formula is C17H18O5. The minimum Gasteiger partial charge on any atom is -0.497 e. The molecule has 0 N–H and O–H groups in total. The van der Waals surface area contributed by atoms with Gasteiger partial charge in [0, 0.05) is 0 Å². The maximum atomic E-state index is 12.1. The van der Waals surface area contributed by atoms with E-state index in [4.69, 9.17) is 18.9 Å². The van der Waals surface area contributed by atoms with E-state index in [0.717, 1.165) is 11.3 Å². The molecule has 0 amide bonds. The van der Waals surface area contributed by atoms with Crippen LogP contribution < -0.4 is 14.2 Å². The Balaban J connectivity index is 2.02. The monoisotopic (exact) mass is 302 g/mol. The normalized spacial score (nSPS) is 9.95. The van der Waals surface area contributed by atoms with Crippen molar-refractivity contribution in [3.63, 3.8) is 0 Å². The van der Waals surface area contributed by atoms with Crippen molar-refractivity contribution in [2.24, 2.45) is 0 Å². The van der Waals surface area contributed by atoms with E-state index >= 15 is 0 Å². The summed E-state index contributed by atoms with van der Waals surface area (Å²) in [7, 11) is 4.66. The lowest BCUT2D eigenvalue weighted by Gasteiger charge is -2.10. The maximum absolute atomic E-state index is 12.1. The summed E-state index contributed by atoms with van der Waals surface area (Å²) in [4.78, 5) is 12.1. The van der Waals surface area contributed by atoms with Gasteiger partial charge in [0.2, 0.25) is 0 Å². The fourth-order valence-corrected chi connectivity index (χ4v) is 1.92. The molecule has 0 aliphatic carbocycles. The van der Waals surface area contributed by atoms with Gasteiger partial charge in [-0.25, -0.2) is 4.79 Å². The molecule has 0 unspecified atom stereocenters. The summed E-state index contributed by atoms with van der Waals surface area (Å²) < 4.78 is 20.7. The van der Waals surface area contributed by atoms with Gasteiger partial charge in [0.1, 0.15) is 12.4 Å². The van der Waals surface area contributed by atoms with E-state index in [1.807, 2.05) is 24.3 Å². The Morgan fingerprint density at radius 1 is 0.864 bits per heavy atom. The Morgan fingerprint density at radius 3 is 2.14 bits per heavy atom. The predicted molar refractivity (Wildman–Crippen MR) is 81.7 cm³/mol. The van der Waals surface area contributed by atoms with E-state index in [2.05, 4.69) is 0 Å². The fraction of sp³-hybridized carbons (Fsp3) is 0.235. The van der Waals surface area contributed by atoms with Crippen molar-refractivity contribution in [3.05, 3.63) is 53.6 Å². The Morgan fingerprint density at radius 2 is 1.55 bits per heavy atom. The molecule has 0 aliphatic rings. The van der Waals surface area contributed by atoms with Crippen molar-refractivity contribution in [1.29, 1.82) is 0 Å². The Labute approximate surface area is 129 Å². The molecule has 22 heavy (non-hydrogen) atoms. The van der Waals surface area contributed by atoms with Crippen LogP contribution in [0.3, 0.4) is 0 Å². The molecule has 0 spiro atoms. The highest BCUT2D eigenvalue weighted by atomic mass is 16.5. The van der Waals surface area contributed by atoms with Crippen LogP contribution in [-0.4, -0.2) is 27.3 Å². The van der Waals surface area contributed by atoms with Gasteiger partial charge in [0.15, 0.2) is 11.5 Å². The molecule has 0 aliphatic heterocycles. The molecule has 0 aromatic heterocycles. The molecule has 0 atom stereocenters. The van der Waals surface area contributed by atoms with Crippen molar-refractivity contribution >= 4 is 5.97 Å². The summed E-state index contributed by atoms with van der Waals surface area (Å²) in [5.41, 5.74) is 1.29. The number of hydrogen-bond donors (Lipinski definition) is 0. The number of carbonyl (C=O) groups excluding carboxylic acids is 1. The standard InChI is InChI=1S/C17H18O5/c1-19-14-7-4-12(5-8-14)11-22-17(18)13-6-9-15(20-2)16(10-13)21-3/h4-10H,11H2,1-3H3. The average molecular weight is 302 g/mol. The second-order valence-corrected chi connectivity index (χ2v) is 4.49. The highest BCUT2D eigenvalue weighted by Gasteiger charge is 2.12. The lowest BCUT2D eigenvalue weighted by Crippen LogP contribution is -2.06. The number of ether oxygens (including phenoxy) is 4. The quantitative estimate of drug-likeness (QED) is 0.768. The molecule has 2 aromatic carbocycles. The van der Waals surface area contributed by atoms with Crippen molar-refractivity contribution in [2.75, 3.05) is 21.3 Å². The van der Waals surface area contributed by atoms with Crippen LogP contribution >= 0.6 is 0 Å². The first kappa shape index (κ1) is 15.7. The smallest absolute Gasteiger partial charge is 0.338 e. The molecule has 5 nitrogen and oxygen atoms in total. The molecule has 2 rings (SSSR count). The number of methoxy groups -OCH3 is 3. The van der Waals surface area contributed by atoms with Gasteiger partial charge in [-0.2, -0.15) is 0 Å². The molecule has 2 aromatic rings. The third-order valence-electron chi connectivity index (χ3n) is 3.15. The van der Waals surface area contributed by atoms with Gasteiger partial charge >= 0.3 is 5.97 Å². The lowest BCUT2D eigenvalue weighted by atomic mass is 10.2. The Hall–Kier alpha value is -2.69. The lowest BCUT2D eigenvalue weighted by molar-refractivity contribution is 0.0472. The second kappa shape index (κ2) is 7.36. The minimum absolute atomic E-state index is 0.192. The van der Waals surface area contributed by atoms with E-state index in [9.17, 15) is 4.79 Å².